The van der Waals surface area contributed by atoms with Crippen molar-refractivity contribution in [3.8, 4) is 0 Å². The Morgan fingerprint density at radius 1 is 0.933 bits per heavy atom. The van der Waals surface area contributed by atoms with Gasteiger partial charge >= 0.3 is 0 Å². The summed E-state index contributed by atoms with van der Waals surface area (Å²) in [6.07, 6.45) is 2.23. The predicted molar refractivity (Wildman–Crippen MR) is 72.8 cm³/mol. The van der Waals surface area contributed by atoms with Crippen LogP contribution in [-0.2, 0) is 0 Å². The molecule has 15 heavy (non-hydrogen) atoms. The molecule has 0 atom stereocenters. The third-order valence-corrected chi connectivity index (χ3v) is 7.50. The summed E-state index contributed by atoms with van der Waals surface area (Å²) in [5, 5.41) is 0. The molecule has 0 bridgehead atoms. The first-order chi connectivity index (χ1) is 6.83. The van der Waals surface area contributed by atoms with Gasteiger partial charge in [0.25, 0.3) is 0 Å². The molecule has 0 saturated heterocycles. The first kappa shape index (κ1) is 12.5. The molecule has 0 aliphatic heterocycles. The molecule has 1 heteroatoms. The van der Waals surface area contributed by atoms with Crippen molar-refractivity contribution in [3.63, 3.8) is 0 Å². The fraction of sp³-hybridized carbons (Fsp3) is 0.571. The zero-order chi connectivity index (χ0) is 11.8. The Hall–Kier alpha value is -0.563. The van der Waals surface area contributed by atoms with Crippen LogP contribution in [0, 0.1) is 0 Å². The van der Waals surface area contributed by atoms with E-state index in [2.05, 4.69) is 59.5 Å². The average molecular weight is 220 g/mol. The summed E-state index contributed by atoms with van der Waals surface area (Å²) in [7, 11) is -1.28. The van der Waals surface area contributed by atoms with Gasteiger partial charge in [-0.15, -0.1) is 0 Å². The normalized spacial score (nSPS) is 19.9. The highest BCUT2D eigenvalue weighted by molar-refractivity contribution is 6.84. The smallest absolute Gasteiger partial charge is 0.0827 e. The summed E-state index contributed by atoms with van der Waals surface area (Å²) in [5.41, 5.74) is 9.48. The van der Waals surface area contributed by atoms with Crippen molar-refractivity contribution < 1.29 is 0 Å². The SMILES string of the molecule is C/C=C/[Si](C)(C)C1C(C)=C(C)C(C)=C1C. The van der Waals surface area contributed by atoms with Crippen LogP contribution >= 0.6 is 0 Å². The van der Waals surface area contributed by atoms with Gasteiger partial charge in [-0.1, -0.05) is 36.0 Å². The molecular weight excluding hydrogens is 196 g/mol. The Kier molecular flexibility index (Phi) is 3.44. The summed E-state index contributed by atoms with van der Waals surface area (Å²) in [5.74, 6) is 0. The second-order valence-corrected chi connectivity index (χ2v) is 9.92. The summed E-state index contributed by atoms with van der Waals surface area (Å²) in [4.78, 5) is 0. The van der Waals surface area contributed by atoms with Gasteiger partial charge < -0.3 is 0 Å². The second-order valence-electron chi connectivity index (χ2n) is 5.37. The van der Waals surface area contributed by atoms with E-state index < -0.39 is 8.07 Å². The lowest BCUT2D eigenvalue weighted by molar-refractivity contribution is 1.07. The Balaban J connectivity index is 3.20. The molecule has 0 heterocycles. The van der Waals surface area contributed by atoms with Crippen molar-refractivity contribution in [1.29, 1.82) is 0 Å². The highest BCUT2D eigenvalue weighted by Gasteiger charge is 2.36. The van der Waals surface area contributed by atoms with Gasteiger partial charge in [0, 0.05) is 5.54 Å². The summed E-state index contributed by atoms with van der Waals surface area (Å²) in [6.45, 7) is 16.3. The van der Waals surface area contributed by atoms with Gasteiger partial charge in [0.2, 0.25) is 0 Å². The summed E-state index contributed by atoms with van der Waals surface area (Å²) in [6, 6.07) is 0. The van der Waals surface area contributed by atoms with Crippen molar-refractivity contribution in [2.75, 3.05) is 0 Å². The fourth-order valence-corrected chi connectivity index (χ4v) is 6.71. The predicted octanol–water partition coefficient (Wildman–Crippen LogP) is 4.87. The molecule has 0 fully saturated rings. The first-order valence-corrected chi connectivity index (χ1v) is 8.97. The minimum Gasteiger partial charge on any atom is -0.0980 e. The lowest BCUT2D eigenvalue weighted by Crippen LogP contribution is -2.31. The van der Waals surface area contributed by atoms with E-state index in [4.69, 9.17) is 0 Å². The molecule has 0 amide bonds. The fourth-order valence-electron chi connectivity index (χ4n) is 2.99. The van der Waals surface area contributed by atoms with E-state index in [0.29, 0.717) is 0 Å². The number of rotatable bonds is 2. The van der Waals surface area contributed by atoms with E-state index in [-0.39, 0.29) is 0 Å². The van der Waals surface area contributed by atoms with Crippen LogP contribution in [0.15, 0.2) is 34.1 Å². The largest absolute Gasteiger partial charge is 0.0980 e. The molecule has 0 spiro atoms. The van der Waals surface area contributed by atoms with E-state index in [1.165, 1.54) is 11.1 Å². The van der Waals surface area contributed by atoms with Gasteiger partial charge in [-0.2, -0.15) is 0 Å². The number of hydrogen-bond acceptors (Lipinski definition) is 0. The monoisotopic (exact) mass is 220 g/mol. The minimum atomic E-state index is -1.28. The third kappa shape index (κ3) is 2.03. The van der Waals surface area contributed by atoms with E-state index in [0.717, 1.165) is 5.54 Å². The van der Waals surface area contributed by atoms with Crippen LogP contribution in [0.25, 0.3) is 0 Å². The van der Waals surface area contributed by atoms with Crippen molar-refractivity contribution >= 4 is 8.07 Å². The van der Waals surface area contributed by atoms with E-state index in [1.807, 2.05) is 0 Å². The number of hydrogen-bond donors (Lipinski definition) is 0. The van der Waals surface area contributed by atoms with Crippen LogP contribution in [-0.4, -0.2) is 8.07 Å². The van der Waals surface area contributed by atoms with Gasteiger partial charge in [-0.25, -0.2) is 0 Å². The van der Waals surface area contributed by atoms with E-state index in [1.54, 1.807) is 11.1 Å². The molecule has 0 aromatic heterocycles. The standard InChI is InChI=1S/C14H24Si/c1-8-9-15(6,7)14-12(4)10(2)11(3)13(14)5/h8-9,14H,1-7H3/b9-8+. The van der Waals surface area contributed by atoms with Crippen molar-refractivity contribution in [1.82, 2.24) is 0 Å². The van der Waals surface area contributed by atoms with Crippen LogP contribution in [0.5, 0.6) is 0 Å². The Morgan fingerprint density at radius 3 is 1.67 bits per heavy atom. The van der Waals surface area contributed by atoms with Crippen LogP contribution < -0.4 is 0 Å². The molecule has 0 aromatic carbocycles. The minimum absolute atomic E-state index is 0.730. The Morgan fingerprint density at radius 2 is 1.33 bits per heavy atom. The summed E-state index contributed by atoms with van der Waals surface area (Å²) >= 11 is 0. The van der Waals surface area contributed by atoms with Crippen LogP contribution in [0.1, 0.15) is 34.6 Å². The third-order valence-electron chi connectivity index (χ3n) is 3.95. The quantitative estimate of drug-likeness (QED) is 0.583. The second kappa shape index (κ2) is 4.13. The van der Waals surface area contributed by atoms with Gasteiger partial charge in [0.1, 0.15) is 0 Å². The maximum absolute atomic E-state index is 2.47. The van der Waals surface area contributed by atoms with Crippen LogP contribution in [0.3, 0.4) is 0 Å². The lowest BCUT2D eigenvalue weighted by atomic mass is 10.1. The zero-order valence-electron chi connectivity index (χ0n) is 11.2. The maximum Gasteiger partial charge on any atom is 0.0827 e. The number of allylic oxidation sites excluding steroid dienone is 5. The lowest BCUT2D eigenvalue weighted by Gasteiger charge is -2.29. The highest BCUT2D eigenvalue weighted by atomic mass is 28.3. The zero-order valence-corrected chi connectivity index (χ0v) is 12.2. The van der Waals surface area contributed by atoms with Crippen LogP contribution in [0.2, 0.25) is 18.6 Å². The molecular formula is C14H24Si. The van der Waals surface area contributed by atoms with Crippen molar-refractivity contribution in [3.05, 3.63) is 34.1 Å². The summed E-state index contributed by atoms with van der Waals surface area (Å²) < 4.78 is 0. The van der Waals surface area contributed by atoms with Crippen molar-refractivity contribution in [2.45, 2.75) is 53.3 Å². The molecule has 0 unspecified atom stereocenters. The molecule has 0 N–H and O–H groups in total. The molecule has 0 radical (unpaired) electrons. The molecule has 0 aromatic rings. The topological polar surface area (TPSA) is 0 Å². The van der Waals surface area contributed by atoms with Gasteiger partial charge in [-0.05, 0) is 45.8 Å². The van der Waals surface area contributed by atoms with Crippen LogP contribution in [0.4, 0.5) is 0 Å². The van der Waals surface area contributed by atoms with Gasteiger partial charge in [-0.3, -0.25) is 0 Å². The maximum atomic E-state index is 2.47. The highest BCUT2D eigenvalue weighted by Crippen LogP contribution is 2.46. The average Bonchev–Trinajstić information content (AvgIpc) is 2.31. The molecule has 1 aliphatic rings. The van der Waals surface area contributed by atoms with E-state index >= 15 is 0 Å². The van der Waals surface area contributed by atoms with Gasteiger partial charge in [0.05, 0.1) is 8.07 Å². The Labute approximate surface area is 95.8 Å². The first-order valence-electron chi connectivity index (χ1n) is 5.82. The molecule has 0 nitrogen and oxygen atoms in total. The van der Waals surface area contributed by atoms with E-state index in [9.17, 15) is 0 Å². The molecule has 1 rings (SSSR count). The Bertz CT molecular complexity index is 330. The molecule has 84 valence electrons. The van der Waals surface area contributed by atoms with Crippen molar-refractivity contribution in [2.24, 2.45) is 0 Å². The molecule has 0 saturated carbocycles. The van der Waals surface area contributed by atoms with Gasteiger partial charge in [0.15, 0.2) is 0 Å². The molecule has 1 aliphatic carbocycles.